The second-order valence-corrected chi connectivity index (χ2v) is 7.59. The monoisotopic (exact) mass is 374 g/mol. The maximum Gasteiger partial charge on any atom is 0.411 e. The van der Waals surface area contributed by atoms with Gasteiger partial charge in [-0.15, -0.1) is 5.06 Å². The van der Waals surface area contributed by atoms with Crippen molar-refractivity contribution in [1.82, 2.24) is 9.96 Å². The van der Waals surface area contributed by atoms with Crippen molar-refractivity contribution in [2.24, 2.45) is 0 Å². The van der Waals surface area contributed by atoms with Crippen LogP contribution in [0.1, 0.15) is 44.7 Å². The summed E-state index contributed by atoms with van der Waals surface area (Å²) in [7, 11) is 0. The first-order chi connectivity index (χ1) is 12.7. The Morgan fingerprint density at radius 1 is 1.04 bits per heavy atom. The van der Waals surface area contributed by atoms with E-state index in [4.69, 9.17) is 9.57 Å². The third-order valence-corrected chi connectivity index (χ3v) is 4.34. The van der Waals surface area contributed by atoms with Crippen LogP contribution in [-0.4, -0.2) is 45.5 Å². The molecule has 1 saturated heterocycles. The number of hydroxylamine groups is 2. The van der Waals surface area contributed by atoms with Gasteiger partial charge in [-0.2, -0.15) is 0 Å². The van der Waals surface area contributed by atoms with Gasteiger partial charge < -0.3 is 9.57 Å². The van der Waals surface area contributed by atoms with Gasteiger partial charge >= 0.3 is 12.1 Å². The molecule has 3 amide bonds. The number of nitrogens with zero attached hydrogens (tertiary/aromatic N) is 2. The Morgan fingerprint density at radius 2 is 1.63 bits per heavy atom. The lowest BCUT2D eigenvalue weighted by atomic mass is 9.94. The summed E-state index contributed by atoms with van der Waals surface area (Å²) >= 11 is 0. The summed E-state index contributed by atoms with van der Waals surface area (Å²) in [6.07, 6.45) is -0.423. The Kier molecular flexibility index (Phi) is 4.91. The summed E-state index contributed by atoms with van der Waals surface area (Å²) in [6, 6.07) is 6.45. The molecule has 0 spiro atoms. The van der Waals surface area contributed by atoms with E-state index in [9.17, 15) is 19.2 Å². The molecule has 0 saturated carbocycles. The molecular weight excluding hydrogens is 352 g/mol. The highest BCUT2D eigenvalue weighted by Gasteiger charge is 2.41. The summed E-state index contributed by atoms with van der Waals surface area (Å²) in [4.78, 5) is 55.1. The number of rotatable bonds is 2. The lowest BCUT2D eigenvalue weighted by Gasteiger charge is -2.36. The Bertz CT molecular complexity index is 782. The Balaban J connectivity index is 1.84. The van der Waals surface area contributed by atoms with E-state index in [0.717, 1.165) is 11.1 Å². The first-order valence-electron chi connectivity index (χ1n) is 8.80. The number of amides is 3. The quantitative estimate of drug-likeness (QED) is 0.735. The van der Waals surface area contributed by atoms with Crippen LogP contribution in [0.5, 0.6) is 0 Å². The Morgan fingerprint density at radius 3 is 2.22 bits per heavy atom. The summed E-state index contributed by atoms with van der Waals surface area (Å²) in [5, 5.41) is 0.496. The lowest BCUT2D eigenvalue weighted by molar-refractivity contribution is -0.201. The Hall–Kier alpha value is -2.90. The van der Waals surface area contributed by atoms with Gasteiger partial charge in [-0.3, -0.25) is 14.5 Å². The van der Waals surface area contributed by atoms with Crippen molar-refractivity contribution >= 4 is 23.9 Å². The number of benzene rings is 1. The normalized spacial score (nSPS) is 19.7. The first kappa shape index (κ1) is 18.9. The minimum Gasteiger partial charge on any atom is -0.444 e. The van der Waals surface area contributed by atoms with Crippen molar-refractivity contribution < 1.29 is 28.8 Å². The fourth-order valence-electron chi connectivity index (χ4n) is 3.05. The van der Waals surface area contributed by atoms with Gasteiger partial charge in [-0.05, 0) is 31.9 Å². The second kappa shape index (κ2) is 7.02. The fraction of sp³-hybridized carbons (Fsp3) is 0.474. The van der Waals surface area contributed by atoms with Gasteiger partial charge in [0.1, 0.15) is 11.6 Å². The molecule has 0 aliphatic carbocycles. The van der Waals surface area contributed by atoms with E-state index in [-0.39, 0.29) is 25.8 Å². The molecule has 8 heteroatoms. The molecule has 1 aromatic carbocycles. The Labute approximate surface area is 157 Å². The summed E-state index contributed by atoms with van der Waals surface area (Å²) in [5.41, 5.74) is 1.07. The number of fused-ring (bicyclic) bond motifs is 1. The van der Waals surface area contributed by atoms with E-state index in [0.29, 0.717) is 5.06 Å². The minimum absolute atomic E-state index is 0.00932. The number of ether oxygens (including phenoxy) is 1. The van der Waals surface area contributed by atoms with Gasteiger partial charge in [-0.25, -0.2) is 9.59 Å². The van der Waals surface area contributed by atoms with E-state index in [1.54, 1.807) is 20.8 Å². The van der Waals surface area contributed by atoms with Crippen LogP contribution in [0.2, 0.25) is 0 Å². The van der Waals surface area contributed by atoms with Gasteiger partial charge in [-0.1, -0.05) is 24.3 Å². The maximum absolute atomic E-state index is 12.7. The summed E-state index contributed by atoms with van der Waals surface area (Å²) < 4.78 is 5.42. The molecule has 3 rings (SSSR count). The zero-order valence-corrected chi connectivity index (χ0v) is 15.6. The van der Waals surface area contributed by atoms with E-state index in [1.807, 2.05) is 24.3 Å². The predicted octanol–water partition coefficient (Wildman–Crippen LogP) is 1.96. The molecule has 0 bridgehead atoms. The smallest absolute Gasteiger partial charge is 0.411 e. The molecule has 2 heterocycles. The molecule has 144 valence electrons. The molecule has 2 aliphatic heterocycles. The number of carbonyl (C=O) groups excluding carboxylic acids is 4. The second-order valence-electron chi connectivity index (χ2n) is 7.59. The average molecular weight is 374 g/mol. The van der Waals surface area contributed by atoms with Crippen LogP contribution in [0.15, 0.2) is 24.3 Å². The van der Waals surface area contributed by atoms with Crippen LogP contribution in [0, 0.1) is 0 Å². The van der Waals surface area contributed by atoms with E-state index < -0.39 is 35.5 Å². The first-order valence-corrected chi connectivity index (χ1v) is 8.80. The van der Waals surface area contributed by atoms with Gasteiger partial charge in [0.25, 0.3) is 11.8 Å². The van der Waals surface area contributed by atoms with Crippen LogP contribution >= 0.6 is 0 Å². The molecule has 27 heavy (non-hydrogen) atoms. The van der Waals surface area contributed by atoms with Crippen molar-refractivity contribution in [2.75, 3.05) is 0 Å². The molecular formula is C19H22N2O6. The zero-order valence-electron chi connectivity index (χ0n) is 15.6. The van der Waals surface area contributed by atoms with Crippen LogP contribution in [-0.2, 0) is 36.9 Å². The zero-order chi connectivity index (χ0) is 19.8. The highest BCUT2D eigenvalue weighted by atomic mass is 16.7. The highest BCUT2D eigenvalue weighted by molar-refractivity contribution is 6.02. The molecule has 0 radical (unpaired) electrons. The van der Waals surface area contributed by atoms with Gasteiger partial charge in [0.05, 0.1) is 6.54 Å². The molecule has 2 aliphatic rings. The molecule has 0 aromatic heterocycles. The molecule has 1 atom stereocenters. The van der Waals surface area contributed by atoms with Crippen LogP contribution < -0.4 is 0 Å². The van der Waals surface area contributed by atoms with Crippen molar-refractivity contribution in [3.63, 3.8) is 0 Å². The number of carbonyl (C=O) groups is 4. The van der Waals surface area contributed by atoms with Crippen molar-refractivity contribution in [3.05, 3.63) is 35.4 Å². The number of imide groups is 1. The van der Waals surface area contributed by atoms with Gasteiger partial charge in [0, 0.05) is 19.3 Å². The van der Waals surface area contributed by atoms with Crippen molar-refractivity contribution in [2.45, 2.75) is 58.2 Å². The predicted molar refractivity (Wildman–Crippen MR) is 92.9 cm³/mol. The van der Waals surface area contributed by atoms with Gasteiger partial charge in [0.15, 0.2) is 0 Å². The minimum atomic E-state index is -0.990. The summed E-state index contributed by atoms with van der Waals surface area (Å²) in [5.74, 6) is -1.96. The SMILES string of the molecule is CC(C)(C)OC(=O)N1Cc2ccccc2CC1C(=O)ON1C(=O)CCC1=O. The number of hydrogen-bond donors (Lipinski definition) is 0. The van der Waals surface area contributed by atoms with Crippen molar-refractivity contribution in [1.29, 1.82) is 0 Å². The van der Waals surface area contributed by atoms with E-state index in [1.165, 1.54) is 4.90 Å². The number of hydrogen-bond acceptors (Lipinski definition) is 6. The van der Waals surface area contributed by atoms with Crippen LogP contribution in [0.3, 0.4) is 0 Å². The van der Waals surface area contributed by atoms with E-state index >= 15 is 0 Å². The third-order valence-electron chi connectivity index (χ3n) is 4.34. The highest BCUT2D eigenvalue weighted by Crippen LogP contribution is 2.26. The van der Waals surface area contributed by atoms with E-state index in [2.05, 4.69) is 0 Å². The van der Waals surface area contributed by atoms with Crippen LogP contribution in [0.25, 0.3) is 0 Å². The van der Waals surface area contributed by atoms with Crippen molar-refractivity contribution in [3.8, 4) is 0 Å². The fourth-order valence-corrected chi connectivity index (χ4v) is 3.05. The lowest BCUT2D eigenvalue weighted by Crippen LogP contribution is -2.52. The largest absolute Gasteiger partial charge is 0.444 e. The van der Waals surface area contributed by atoms with Crippen LogP contribution in [0.4, 0.5) is 4.79 Å². The average Bonchev–Trinajstić information content (AvgIpc) is 2.91. The molecule has 0 N–H and O–H groups in total. The third kappa shape index (κ3) is 4.10. The maximum atomic E-state index is 12.7. The summed E-state index contributed by atoms with van der Waals surface area (Å²) in [6.45, 7) is 5.37. The standard InChI is InChI=1S/C19H22N2O6/c1-19(2,3)26-18(25)20-11-13-7-5-4-6-12(13)10-14(20)17(24)27-21-15(22)8-9-16(21)23/h4-7,14H,8-11H2,1-3H3. The van der Waals surface area contributed by atoms with Gasteiger partial charge in [0.2, 0.25) is 0 Å². The molecule has 1 unspecified atom stereocenters. The molecule has 8 nitrogen and oxygen atoms in total. The molecule has 1 fully saturated rings. The molecule has 1 aromatic rings. The topological polar surface area (TPSA) is 93.2 Å².